The molecular weight excluding hydrogens is 140 g/mol. The highest BCUT2D eigenvalue weighted by Gasteiger charge is 1.96. The Hall–Kier alpha value is -0.570. The molecule has 3 heteroatoms. The average molecular weight is 160 g/mol. The summed E-state index contributed by atoms with van der Waals surface area (Å²) < 4.78 is 0. The van der Waals surface area contributed by atoms with E-state index in [9.17, 15) is 4.79 Å². The number of hydrogen-bond donors (Lipinski definition) is 2. The number of amides is 1. The Morgan fingerprint density at radius 3 is 2.36 bits per heavy atom. The average Bonchev–Trinajstić information content (AvgIpc) is 1.87. The van der Waals surface area contributed by atoms with Crippen molar-refractivity contribution in [3.8, 4) is 0 Å². The minimum absolute atomic E-state index is 0. The lowest BCUT2D eigenvalue weighted by atomic mass is 10.3. The Morgan fingerprint density at radius 1 is 1.45 bits per heavy atom. The zero-order valence-electron chi connectivity index (χ0n) is 6.90. The van der Waals surface area contributed by atoms with Gasteiger partial charge in [-0.15, -0.1) is 0 Å². The van der Waals surface area contributed by atoms with Crippen molar-refractivity contribution in [2.75, 3.05) is 13.6 Å². The molecule has 0 aliphatic heterocycles. The van der Waals surface area contributed by atoms with Crippen LogP contribution < -0.4 is 10.6 Å². The Labute approximate surface area is 69.6 Å². The van der Waals surface area contributed by atoms with Gasteiger partial charge in [-0.25, -0.2) is 0 Å². The predicted octanol–water partition coefficient (Wildman–Crippen LogP) is 0.757. The zero-order chi connectivity index (χ0) is 7.98. The first-order chi connectivity index (χ1) is 4.66. The normalized spacial score (nSPS) is 9.09. The third kappa shape index (κ3) is 9.43. The summed E-state index contributed by atoms with van der Waals surface area (Å²) in [5.41, 5.74) is 0. The molecule has 0 aliphatic rings. The van der Waals surface area contributed by atoms with Crippen molar-refractivity contribution in [2.24, 2.45) is 0 Å². The van der Waals surface area contributed by atoms with Crippen molar-refractivity contribution in [2.45, 2.75) is 33.7 Å². The van der Waals surface area contributed by atoms with Gasteiger partial charge in [0, 0.05) is 26.1 Å². The van der Waals surface area contributed by atoms with Gasteiger partial charge in [-0.1, -0.05) is 21.3 Å². The number of rotatable bonds is 4. The van der Waals surface area contributed by atoms with Crippen LogP contribution in [-0.2, 0) is 4.79 Å². The van der Waals surface area contributed by atoms with Crippen LogP contribution in [0.1, 0.15) is 27.7 Å². The molecule has 0 aliphatic carbocycles. The lowest BCUT2D eigenvalue weighted by Gasteiger charge is -2.05. The Bertz CT molecular complexity index is 102. The Morgan fingerprint density at radius 2 is 2.00 bits per heavy atom. The zero-order valence-corrected chi connectivity index (χ0v) is 6.90. The molecule has 0 aromatic rings. The summed E-state index contributed by atoms with van der Waals surface area (Å²) in [5, 5.41) is 5.71. The van der Waals surface area contributed by atoms with E-state index < -0.39 is 0 Å². The summed E-state index contributed by atoms with van der Waals surface area (Å²) in [6.45, 7) is 4.88. The first kappa shape index (κ1) is 13.1. The van der Waals surface area contributed by atoms with Crippen LogP contribution in [0.2, 0.25) is 0 Å². The van der Waals surface area contributed by atoms with Gasteiger partial charge in [0.05, 0.1) is 0 Å². The van der Waals surface area contributed by atoms with Crippen LogP contribution in [0.25, 0.3) is 0 Å². The molecule has 0 fully saturated rings. The SMILES string of the molecule is C.CNC(=O)CCNC(C)C. The minimum Gasteiger partial charge on any atom is -0.359 e. The molecule has 1 amide bonds. The molecule has 0 spiro atoms. The largest absolute Gasteiger partial charge is 0.359 e. The van der Waals surface area contributed by atoms with Crippen molar-refractivity contribution >= 4 is 5.91 Å². The van der Waals surface area contributed by atoms with Crippen LogP contribution in [0.4, 0.5) is 0 Å². The van der Waals surface area contributed by atoms with E-state index >= 15 is 0 Å². The summed E-state index contributed by atoms with van der Waals surface area (Å²) in [6.07, 6.45) is 0.564. The van der Waals surface area contributed by atoms with Gasteiger partial charge in [0.15, 0.2) is 0 Å². The van der Waals surface area contributed by atoms with Gasteiger partial charge in [0.2, 0.25) is 5.91 Å². The fraction of sp³-hybridized carbons (Fsp3) is 0.875. The van der Waals surface area contributed by atoms with E-state index in [2.05, 4.69) is 24.5 Å². The highest BCUT2D eigenvalue weighted by molar-refractivity contribution is 5.75. The van der Waals surface area contributed by atoms with Crippen LogP contribution in [0.5, 0.6) is 0 Å². The summed E-state index contributed by atoms with van der Waals surface area (Å²) in [5.74, 6) is 0.0909. The van der Waals surface area contributed by atoms with Crippen molar-refractivity contribution < 1.29 is 4.79 Å². The van der Waals surface area contributed by atoms with Crippen molar-refractivity contribution in [3.05, 3.63) is 0 Å². The Kier molecular flexibility index (Phi) is 8.94. The predicted molar refractivity (Wildman–Crippen MR) is 48.6 cm³/mol. The molecular formula is C8H20N2O. The lowest BCUT2D eigenvalue weighted by molar-refractivity contribution is -0.120. The third-order valence-electron chi connectivity index (χ3n) is 1.18. The molecule has 2 N–H and O–H groups in total. The molecule has 0 bridgehead atoms. The summed E-state index contributed by atoms with van der Waals surface area (Å²) in [4.78, 5) is 10.6. The van der Waals surface area contributed by atoms with Crippen molar-refractivity contribution in [3.63, 3.8) is 0 Å². The second kappa shape index (κ2) is 7.54. The molecule has 0 radical (unpaired) electrons. The summed E-state index contributed by atoms with van der Waals surface area (Å²) in [6, 6.07) is 0.463. The van der Waals surface area contributed by atoms with E-state index in [1.54, 1.807) is 7.05 Å². The van der Waals surface area contributed by atoms with Gasteiger partial charge in [-0.05, 0) is 0 Å². The molecule has 68 valence electrons. The molecule has 3 nitrogen and oxygen atoms in total. The summed E-state index contributed by atoms with van der Waals surface area (Å²) in [7, 11) is 1.65. The molecule has 0 heterocycles. The molecule has 0 saturated heterocycles. The van der Waals surface area contributed by atoms with Crippen LogP contribution in [0.3, 0.4) is 0 Å². The molecule has 0 aromatic heterocycles. The molecule has 0 aromatic carbocycles. The van der Waals surface area contributed by atoms with Gasteiger partial charge >= 0.3 is 0 Å². The van der Waals surface area contributed by atoms with Gasteiger partial charge in [0.25, 0.3) is 0 Å². The molecule has 11 heavy (non-hydrogen) atoms. The van der Waals surface area contributed by atoms with E-state index in [0.29, 0.717) is 12.5 Å². The molecule has 0 atom stereocenters. The number of nitrogens with one attached hydrogen (secondary N) is 2. The molecule has 0 rings (SSSR count). The highest BCUT2D eigenvalue weighted by atomic mass is 16.1. The van der Waals surface area contributed by atoms with E-state index in [0.717, 1.165) is 6.54 Å². The van der Waals surface area contributed by atoms with Crippen LogP contribution in [-0.4, -0.2) is 25.5 Å². The van der Waals surface area contributed by atoms with Crippen molar-refractivity contribution in [1.82, 2.24) is 10.6 Å². The van der Waals surface area contributed by atoms with Gasteiger partial charge in [0.1, 0.15) is 0 Å². The highest BCUT2D eigenvalue weighted by Crippen LogP contribution is 1.79. The number of carbonyl (C=O) groups is 1. The standard InChI is InChI=1S/C7H16N2O.CH4/c1-6(2)9-5-4-7(10)8-3;/h6,9H,4-5H2,1-3H3,(H,8,10);1H4. The minimum atomic E-state index is 0. The van der Waals surface area contributed by atoms with E-state index in [-0.39, 0.29) is 13.3 Å². The number of carbonyl (C=O) groups excluding carboxylic acids is 1. The third-order valence-corrected chi connectivity index (χ3v) is 1.18. The first-order valence-corrected chi connectivity index (χ1v) is 3.60. The van der Waals surface area contributed by atoms with E-state index in [1.165, 1.54) is 0 Å². The van der Waals surface area contributed by atoms with Gasteiger partial charge in [-0.2, -0.15) is 0 Å². The summed E-state index contributed by atoms with van der Waals surface area (Å²) >= 11 is 0. The maximum Gasteiger partial charge on any atom is 0.221 e. The Balaban J connectivity index is 0. The fourth-order valence-corrected chi connectivity index (χ4v) is 0.599. The molecule has 0 saturated carbocycles. The van der Waals surface area contributed by atoms with Gasteiger partial charge < -0.3 is 10.6 Å². The topological polar surface area (TPSA) is 41.1 Å². The van der Waals surface area contributed by atoms with E-state index in [1.807, 2.05) is 0 Å². The maximum atomic E-state index is 10.6. The number of hydrogen-bond acceptors (Lipinski definition) is 2. The fourth-order valence-electron chi connectivity index (χ4n) is 0.599. The monoisotopic (exact) mass is 160 g/mol. The van der Waals surface area contributed by atoms with Crippen molar-refractivity contribution in [1.29, 1.82) is 0 Å². The van der Waals surface area contributed by atoms with Crippen LogP contribution >= 0.6 is 0 Å². The smallest absolute Gasteiger partial charge is 0.221 e. The van der Waals surface area contributed by atoms with Crippen LogP contribution in [0, 0.1) is 0 Å². The second-order valence-corrected chi connectivity index (χ2v) is 2.53. The maximum absolute atomic E-state index is 10.6. The lowest BCUT2D eigenvalue weighted by Crippen LogP contribution is -2.28. The molecule has 0 unspecified atom stereocenters. The first-order valence-electron chi connectivity index (χ1n) is 3.60. The van der Waals surface area contributed by atoms with Crippen LogP contribution in [0.15, 0.2) is 0 Å². The second-order valence-electron chi connectivity index (χ2n) is 2.53. The quantitative estimate of drug-likeness (QED) is 0.637. The van der Waals surface area contributed by atoms with Gasteiger partial charge in [-0.3, -0.25) is 4.79 Å². The van der Waals surface area contributed by atoms with E-state index in [4.69, 9.17) is 0 Å².